The molecule has 0 amide bonds. The van der Waals surface area contributed by atoms with E-state index in [0.29, 0.717) is 13.2 Å². The maximum absolute atomic E-state index is 10.3. The van der Waals surface area contributed by atoms with Gasteiger partial charge in [-0.15, -0.1) is 12.4 Å². The highest BCUT2D eigenvalue weighted by atomic mass is 35.5. The first-order valence-electron chi connectivity index (χ1n) is 3.28. The Hall–Kier alpha value is -0.320. The van der Waals surface area contributed by atoms with Crippen LogP contribution in [0.1, 0.15) is 6.92 Å². The quantitative estimate of drug-likeness (QED) is 0.592. The lowest BCUT2D eigenvalue weighted by molar-refractivity contribution is -0.152. The Morgan fingerprint density at radius 2 is 2.36 bits per heavy atom. The number of carbonyl (C=O) groups is 1. The third-order valence-corrected chi connectivity index (χ3v) is 1.47. The summed E-state index contributed by atoms with van der Waals surface area (Å²) in [4.78, 5) is 10.3. The molecule has 1 fully saturated rings. The van der Waals surface area contributed by atoms with Crippen molar-refractivity contribution in [3.05, 3.63) is 0 Å². The van der Waals surface area contributed by atoms with Crippen LogP contribution in [0.4, 0.5) is 0 Å². The van der Waals surface area contributed by atoms with E-state index in [4.69, 9.17) is 9.84 Å². The van der Waals surface area contributed by atoms with Crippen molar-refractivity contribution in [2.45, 2.75) is 19.1 Å². The van der Waals surface area contributed by atoms with Gasteiger partial charge in [0.15, 0.2) is 6.10 Å². The van der Waals surface area contributed by atoms with Crippen LogP contribution < -0.4 is 5.32 Å². The van der Waals surface area contributed by atoms with E-state index < -0.39 is 12.1 Å². The zero-order valence-corrected chi connectivity index (χ0v) is 7.06. The Balaban J connectivity index is 0.000001000. The molecule has 0 aliphatic carbocycles. The first-order valence-corrected chi connectivity index (χ1v) is 3.28. The number of hydrogen-bond acceptors (Lipinski definition) is 3. The Morgan fingerprint density at radius 3 is 2.73 bits per heavy atom. The summed E-state index contributed by atoms with van der Waals surface area (Å²) in [6.07, 6.45) is -0.656. The van der Waals surface area contributed by atoms with Crippen molar-refractivity contribution in [3.8, 4) is 0 Å². The van der Waals surface area contributed by atoms with E-state index >= 15 is 0 Å². The highest BCUT2D eigenvalue weighted by Crippen LogP contribution is 1.99. The van der Waals surface area contributed by atoms with Crippen LogP contribution in [0, 0.1) is 0 Å². The summed E-state index contributed by atoms with van der Waals surface area (Å²) < 4.78 is 4.99. The van der Waals surface area contributed by atoms with Gasteiger partial charge in [-0.2, -0.15) is 0 Å². The van der Waals surface area contributed by atoms with Crippen molar-refractivity contribution in [2.24, 2.45) is 0 Å². The largest absolute Gasteiger partial charge is 0.479 e. The van der Waals surface area contributed by atoms with Gasteiger partial charge < -0.3 is 15.2 Å². The standard InChI is InChI=1S/C6H11NO3.ClH/c1-4-3-10-5(2-7-4)6(8)9;/h4-5,7H,2-3H2,1H3,(H,8,9);1H/t4-,5-;/m1./s1. The fourth-order valence-electron chi connectivity index (χ4n) is 0.845. The molecule has 11 heavy (non-hydrogen) atoms. The first-order chi connectivity index (χ1) is 4.70. The van der Waals surface area contributed by atoms with Crippen LogP contribution in [0.2, 0.25) is 0 Å². The molecular weight excluding hydrogens is 170 g/mol. The lowest BCUT2D eigenvalue weighted by Gasteiger charge is -2.25. The molecule has 0 aromatic heterocycles. The average molecular weight is 182 g/mol. The second kappa shape index (κ2) is 4.54. The second-order valence-electron chi connectivity index (χ2n) is 2.47. The van der Waals surface area contributed by atoms with Gasteiger partial charge in [0, 0.05) is 12.6 Å². The summed E-state index contributed by atoms with van der Waals surface area (Å²) in [5, 5.41) is 11.5. The molecule has 1 saturated heterocycles. The molecule has 0 aromatic carbocycles. The summed E-state index contributed by atoms with van der Waals surface area (Å²) >= 11 is 0. The number of carboxylic acids is 1. The Kier molecular flexibility index (Phi) is 4.40. The Labute approximate surface area is 71.3 Å². The topological polar surface area (TPSA) is 58.6 Å². The summed E-state index contributed by atoms with van der Waals surface area (Å²) in [7, 11) is 0. The van der Waals surface area contributed by atoms with Crippen LogP contribution in [0.3, 0.4) is 0 Å². The molecule has 1 rings (SSSR count). The molecule has 2 atom stereocenters. The summed E-state index contributed by atoms with van der Waals surface area (Å²) in [6, 6.07) is 0.274. The van der Waals surface area contributed by atoms with E-state index in [2.05, 4.69) is 5.32 Å². The lowest BCUT2D eigenvalue weighted by atomic mass is 10.2. The molecule has 0 spiro atoms. The fraction of sp³-hybridized carbons (Fsp3) is 0.833. The van der Waals surface area contributed by atoms with E-state index in [1.54, 1.807) is 0 Å². The number of halogens is 1. The zero-order valence-electron chi connectivity index (χ0n) is 6.24. The summed E-state index contributed by atoms with van der Waals surface area (Å²) in [5.74, 6) is -0.889. The minimum Gasteiger partial charge on any atom is -0.479 e. The molecule has 0 aromatic rings. The van der Waals surface area contributed by atoms with Gasteiger partial charge in [-0.05, 0) is 6.92 Å². The maximum atomic E-state index is 10.3. The van der Waals surface area contributed by atoms with E-state index in [9.17, 15) is 4.79 Å². The van der Waals surface area contributed by atoms with Gasteiger partial charge in [0.1, 0.15) is 0 Å². The molecule has 0 saturated carbocycles. The SMILES string of the molecule is C[C@@H]1CO[C@@H](C(=O)O)CN1.Cl. The molecule has 1 heterocycles. The van der Waals surface area contributed by atoms with Crippen molar-refractivity contribution in [1.29, 1.82) is 0 Å². The number of morpholine rings is 1. The van der Waals surface area contributed by atoms with Crippen LogP contribution >= 0.6 is 12.4 Å². The van der Waals surface area contributed by atoms with Gasteiger partial charge in [-0.25, -0.2) is 4.79 Å². The fourth-order valence-corrected chi connectivity index (χ4v) is 0.845. The van der Waals surface area contributed by atoms with Gasteiger partial charge in [0.05, 0.1) is 6.61 Å². The van der Waals surface area contributed by atoms with Gasteiger partial charge in [-0.3, -0.25) is 0 Å². The summed E-state index contributed by atoms with van der Waals surface area (Å²) in [6.45, 7) is 2.85. The molecule has 1 aliphatic heterocycles. The molecule has 4 nitrogen and oxygen atoms in total. The maximum Gasteiger partial charge on any atom is 0.334 e. The lowest BCUT2D eigenvalue weighted by Crippen LogP contribution is -2.47. The van der Waals surface area contributed by atoms with Crippen LogP contribution in [0.15, 0.2) is 0 Å². The molecule has 0 radical (unpaired) electrons. The van der Waals surface area contributed by atoms with Crippen molar-refractivity contribution < 1.29 is 14.6 Å². The van der Waals surface area contributed by atoms with E-state index in [1.165, 1.54) is 0 Å². The normalized spacial score (nSPS) is 30.6. The summed E-state index contributed by atoms with van der Waals surface area (Å²) in [5.41, 5.74) is 0. The number of nitrogens with one attached hydrogen (secondary N) is 1. The minimum atomic E-state index is -0.889. The molecule has 5 heteroatoms. The van der Waals surface area contributed by atoms with Crippen molar-refractivity contribution >= 4 is 18.4 Å². The van der Waals surface area contributed by atoms with Crippen LogP contribution in [-0.4, -0.2) is 36.4 Å². The Morgan fingerprint density at radius 1 is 1.73 bits per heavy atom. The van der Waals surface area contributed by atoms with E-state index in [-0.39, 0.29) is 18.4 Å². The van der Waals surface area contributed by atoms with Gasteiger partial charge in [0.2, 0.25) is 0 Å². The van der Waals surface area contributed by atoms with Gasteiger partial charge in [-0.1, -0.05) is 0 Å². The molecule has 1 aliphatic rings. The number of aliphatic carboxylic acids is 1. The van der Waals surface area contributed by atoms with Crippen molar-refractivity contribution in [3.63, 3.8) is 0 Å². The van der Waals surface area contributed by atoms with Crippen LogP contribution in [0.25, 0.3) is 0 Å². The third-order valence-electron chi connectivity index (χ3n) is 1.47. The van der Waals surface area contributed by atoms with Crippen LogP contribution in [0.5, 0.6) is 0 Å². The van der Waals surface area contributed by atoms with Crippen LogP contribution in [-0.2, 0) is 9.53 Å². The molecule has 0 bridgehead atoms. The van der Waals surface area contributed by atoms with Crippen molar-refractivity contribution in [2.75, 3.05) is 13.2 Å². The van der Waals surface area contributed by atoms with Gasteiger partial charge in [0.25, 0.3) is 0 Å². The molecule has 2 N–H and O–H groups in total. The predicted octanol–water partition coefficient (Wildman–Crippen LogP) is -0.130. The highest BCUT2D eigenvalue weighted by Gasteiger charge is 2.23. The average Bonchev–Trinajstić information content (AvgIpc) is 1.88. The van der Waals surface area contributed by atoms with E-state index in [0.717, 1.165) is 0 Å². The number of rotatable bonds is 1. The predicted molar refractivity (Wildman–Crippen MR) is 42.1 cm³/mol. The molecule has 66 valence electrons. The number of hydrogen-bond donors (Lipinski definition) is 2. The highest BCUT2D eigenvalue weighted by molar-refractivity contribution is 5.85. The smallest absolute Gasteiger partial charge is 0.334 e. The zero-order chi connectivity index (χ0) is 7.56. The molecular formula is C6H12ClNO3. The minimum absolute atomic E-state index is 0. The van der Waals surface area contributed by atoms with Gasteiger partial charge >= 0.3 is 5.97 Å². The monoisotopic (exact) mass is 181 g/mol. The second-order valence-corrected chi connectivity index (χ2v) is 2.47. The molecule has 0 unspecified atom stereocenters. The number of carboxylic acid groups (broad SMARTS) is 1. The number of ether oxygens (including phenoxy) is 1. The van der Waals surface area contributed by atoms with Crippen molar-refractivity contribution in [1.82, 2.24) is 5.32 Å². The first kappa shape index (κ1) is 10.7. The third kappa shape index (κ3) is 3.05. The van der Waals surface area contributed by atoms with E-state index in [1.807, 2.05) is 6.92 Å². The Bertz CT molecular complexity index is 134.